The van der Waals surface area contributed by atoms with Crippen LogP contribution in [-0.2, 0) is 27.1 Å². The highest BCUT2D eigenvalue weighted by Crippen LogP contribution is 2.55. The molecule has 2 aliphatic heterocycles. The van der Waals surface area contributed by atoms with E-state index in [1.807, 2.05) is 23.5 Å². The number of hydrogen-bond donors (Lipinski definition) is 0. The molecular weight excluding hydrogens is 792 g/mol. The largest absolute Gasteiger partial charge is 0.311 e. The Balaban J connectivity index is 1.30. The van der Waals surface area contributed by atoms with Gasteiger partial charge in [0.2, 0.25) is 0 Å². The Morgan fingerprint density at radius 2 is 1.14 bits per heavy atom. The summed E-state index contributed by atoms with van der Waals surface area (Å²) in [6, 6.07) is 41.3. The first-order valence-corrected chi connectivity index (χ1v) is 24.5. The van der Waals surface area contributed by atoms with E-state index in [0.717, 1.165) is 52.8 Å². The molecule has 2 nitrogen and oxygen atoms in total. The van der Waals surface area contributed by atoms with Crippen molar-refractivity contribution in [2.24, 2.45) is 0 Å². The maximum Gasteiger partial charge on any atom is 0.264 e. The molecule has 0 bridgehead atoms. The standard InChI is InChI=1S/C60H65BN2S/c1-36-19-24-52-42(29-36)54-55(64-52)61-47-33-44-46(60(12,13)28-26-58(44,8)9)35-49(47)63(51-31-37(2)30-50(53(51)61)62(54)40-22-20-39(21-23-40)56(3,4)5)48-34-45-43(57(6,7)25-27-59(45,10)11)32-41(48)38-17-15-14-16-18-38/h14-24,29-35H,25-28H2,1-13H3/i1D3. The molecule has 0 N–H and O–H groups in total. The van der Waals surface area contributed by atoms with Crippen molar-refractivity contribution in [1.29, 1.82) is 0 Å². The van der Waals surface area contributed by atoms with Crippen LogP contribution in [0.3, 0.4) is 0 Å². The van der Waals surface area contributed by atoms with Crippen molar-refractivity contribution in [1.82, 2.24) is 0 Å². The van der Waals surface area contributed by atoms with Crippen LogP contribution >= 0.6 is 11.3 Å². The number of benzene rings is 6. The molecule has 0 fully saturated rings. The van der Waals surface area contributed by atoms with Gasteiger partial charge in [0.15, 0.2) is 0 Å². The molecule has 11 rings (SSSR count). The second-order valence-corrected chi connectivity index (χ2v) is 24.5. The van der Waals surface area contributed by atoms with Crippen molar-refractivity contribution < 1.29 is 4.11 Å². The lowest BCUT2D eigenvalue weighted by Crippen LogP contribution is -2.61. The predicted octanol–water partition coefficient (Wildman–Crippen LogP) is 15.3. The van der Waals surface area contributed by atoms with Gasteiger partial charge in [-0.25, -0.2) is 0 Å². The van der Waals surface area contributed by atoms with Crippen LogP contribution < -0.4 is 25.5 Å². The van der Waals surface area contributed by atoms with Crippen molar-refractivity contribution in [2.45, 2.75) is 143 Å². The van der Waals surface area contributed by atoms with Gasteiger partial charge in [-0.1, -0.05) is 136 Å². The van der Waals surface area contributed by atoms with Gasteiger partial charge in [0.25, 0.3) is 6.71 Å². The normalized spacial score (nSPS) is 19.4. The fraction of sp³-hybridized carbons (Fsp3) is 0.367. The fourth-order valence-electron chi connectivity index (χ4n) is 12.0. The molecule has 4 heteroatoms. The van der Waals surface area contributed by atoms with Gasteiger partial charge in [0.05, 0.1) is 11.4 Å². The van der Waals surface area contributed by atoms with Gasteiger partial charge >= 0.3 is 0 Å². The number of nitrogens with zero attached hydrogens (tertiary/aromatic N) is 2. The number of thiophene rings is 1. The number of fused-ring (bicyclic) bond motifs is 8. The van der Waals surface area contributed by atoms with Crippen LogP contribution in [0.15, 0.2) is 109 Å². The lowest BCUT2D eigenvalue weighted by molar-refractivity contribution is 0.332. The minimum Gasteiger partial charge on any atom is -0.311 e. The molecule has 324 valence electrons. The molecule has 1 aromatic heterocycles. The van der Waals surface area contributed by atoms with E-state index in [2.05, 4.69) is 190 Å². The Kier molecular flexibility index (Phi) is 8.21. The van der Waals surface area contributed by atoms with Gasteiger partial charge in [0, 0.05) is 47.3 Å². The third-order valence-corrected chi connectivity index (χ3v) is 17.3. The topological polar surface area (TPSA) is 6.48 Å². The Bertz CT molecular complexity index is 3180. The summed E-state index contributed by atoms with van der Waals surface area (Å²) < 4.78 is 28.0. The van der Waals surface area contributed by atoms with Crippen molar-refractivity contribution in [3.8, 4) is 11.1 Å². The molecule has 0 atom stereocenters. The smallest absolute Gasteiger partial charge is 0.264 e. The average Bonchev–Trinajstić information content (AvgIpc) is 3.64. The highest BCUT2D eigenvalue weighted by molar-refractivity contribution is 7.33. The van der Waals surface area contributed by atoms with Crippen LogP contribution in [0.2, 0.25) is 0 Å². The summed E-state index contributed by atoms with van der Waals surface area (Å²) in [7, 11) is 0. The van der Waals surface area contributed by atoms with Crippen LogP contribution in [0.4, 0.5) is 34.1 Å². The van der Waals surface area contributed by atoms with E-state index >= 15 is 0 Å². The summed E-state index contributed by atoms with van der Waals surface area (Å²) in [4.78, 5) is 5.17. The summed E-state index contributed by atoms with van der Waals surface area (Å²) in [5.74, 6) is 0. The predicted molar refractivity (Wildman–Crippen MR) is 280 cm³/mol. The van der Waals surface area contributed by atoms with Crippen molar-refractivity contribution in [3.05, 3.63) is 148 Å². The van der Waals surface area contributed by atoms with E-state index in [4.69, 9.17) is 4.11 Å². The van der Waals surface area contributed by atoms with Crippen LogP contribution in [0.5, 0.6) is 0 Å². The summed E-state index contributed by atoms with van der Waals surface area (Å²) in [5.41, 5.74) is 20.8. The third-order valence-electron chi connectivity index (χ3n) is 16.1. The van der Waals surface area contributed by atoms with Crippen LogP contribution in [0.25, 0.3) is 21.2 Å². The molecule has 0 spiro atoms. The van der Waals surface area contributed by atoms with Gasteiger partial charge in [-0.15, -0.1) is 11.3 Å². The molecule has 2 aliphatic carbocycles. The molecule has 4 aliphatic rings. The summed E-state index contributed by atoms with van der Waals surface area (Å²) in [5, 5.41) is 0.997. The SMILES string of the molecule is [2H]C([2H])([2H])c1ccc2sc3c(c2c1)N(c1ccc(C(C)(C)C)cc1)c1cc(C)cc2c1B3c1cc3c(cc1N2c1cc2c(cc1-c1ccccc1)C(C)(C)CCC2(C)C)C(C)(C)CCC3(C)C. The van der Waals surface area contributed by atoms with Gasteiger partial charge in [-0.3, -0.25) is 0 Å². The highest BCUT2D eigenvalue weighted by atomic mass is 32.1. The molecular formula is C60H65BN2S. The Hall–Kier alpha value is -5.06. The van der Waals surface area contributed by atoms with Crippen molar-refractivity contribution >= 4 is 78.0 Å². The van der Waals surface area contributed by atoms with E-state index in [0.29, 0.717) is 5.56 Å². The lowest BCUT2D eigenvalue weighted by atomic mass is 9.35. The minimum atomic E-state index is -2.23. The monoisotopic (exact) mass is 860 g/mol. The first kappa shape index (κ1) is 38.2. The van der Waals surface area contributed by atoms with Crippen LogP contribution in [0, 0.1) is 13.8 Å². The zero-order valence-corrected chi connectivity index (χ0v) is 40.9. The quantitative estimate of drug-likeness (QED) is 0.163. The van der Waals surface area contributed by atoms with Crippen molar-refractivity contribution in [3.63, 3.8) is 0 Å². The second-order valence-electron chi connectivity index (χ2n) is 23.4. The average molecular weight is 860 g/mol. The summed E-state index contributed by atoms with van der Waals surface area (Å²) in [6.07, 6.45) is 4.53. The molecule has 64 heavy (non-hydrogen) atoms. The molecule has 0 unspecified atom stereocenters. The molecule has 6 aromatic carbocycles. The first-order valence-electron chi connectivity index (χ1n) is 25.2. The number of aryl methyl sites for hydroxylation is 2. The molecule has 3 heterocycles. The highest BCUT2D eigenvalue weighted by Gasteiger charge is 2.49. The third kappa shape index (κ3) is 6.17. The molecule has 0 saturated heterocycles. The first-order chi connectivity index (χ1) is 31.4. The second kappa shape index (κ2) is 13.7. The summed E-state index contributed by atoms with van der Waals surface area (Å²) >= 11 is 1.84. The maximum atomic E-state index is 8.56. The Labute approximate surface area is 392 Å². The summed E-state index contributed by atoms with van der Waals surface area (Å²) in [6.45, 7) is 26.3. The van der Waals surface area contributed by atoms with Gasteiger partial charge < -0.3 is 9.80 Å². The van der Waals surface area contributed by atoms with Gasteiger partial charge in [-0.05, 0) is 171 Å². The Morgan fingerprint density at radius 3 is 1.73 bits per heavy atom. The van der Waals surface area contributed by atoms with E-state index < -0.39 is 6.85 Å². The van der Waals surface area contributed by atoms with E-state index in [-0.39, 0.29) is 33.8 Å². The zero-order valence-electron chi connectivity index (χ0n) is 43.1. The van der Waals surface area contributed by atoms with Gasteiger partial charge in [0.1, 0.15) is 0 Å². The molecule has 0 amide bonds. The molecule has 0 saturated carbocycles. The zero-order chi connectivity index (χ0) is 47.5. The number of rotatable bonds is 3. The Morgan fingerprint density at radius 1 is 0.578 bits per heavy atom. The fourth-order valence-corrected chi connectivity index (χ4v) is 13.3. The molecule has 0 radical (unpaired) electrons. The van der Waals surface area contributed by atoms with E-state index in [1.54, 1.807) is 0 Å². The number of hydrogen-bond acceptors (Lipinski definition) is 3. The minimum absolute atomic E-state index is 0.000541. The lowest BCUT2D eigenvalue weighted by Gasteiger charge is -2.48. The number of anilines is 6. The maximum absolute atomic E-state index is 8.56. The van der Waals surface area contributed by atoms with E-state index in [9.17, 15) is 0 Å². The van der Waals surface area contributed by atoms with Crippen LogP contribution in [0.1, 0.15) is 145 Å². The van der Waals surface area contributed by atoms with E-state index in [1.165, 1.54) is 77.3 Å². The molecule has 7 aromatic rings. The van der Waals surface area contributed by atoms with Gasteiger partial charge in [-0.2, -0.15) is 0 Å². The van der Waals surface area contributed by atoms with Crippen molar-refractivity contribution in [2.75, 3.05) is 9.80 Å². The van der Waals surface area contributed by atoms with Crippen LogP contribution in [-0.4, -0.2) is 6.71 Å².